The van der Waals surface area contributed by atoms with E-state index in [1.807, 2.05) is 21.1 Å². The molecule has 0 amide bonds. The molecule has 0 fully saturated rings. The maximum Gasteiger partial charge on any atom is 0.246 e. The lowest BCUT2D eigenvalue weighted by molar-refractivity contribution is -0.875. The number of hydrogen-bond donors (Lipinski definition) is 1. The fourth-order valence-corrected chi connectivity index (χ4v) is 0.452. The molecule has 0 aromatic rings. The van der Waals surface area contributed by atoms with Crippen LogP contribution in [0.2, 0.25) is 0 Å². The molecule has 0 bridgehead atoms. The molecule has 1 N–H and O–H groups in total. The largest absolute Gasteiger partial charge is 0.360 e. The predicted molar refractivity (Wildman–Crippen MR) is 30.0 cm³/mol. The molecule has 0 aromatic carbocycles. The van der Waals surface area contributed by atoms with Gasteiger partial charge in [-0.25, -0.2) is 4.39 Å². The number of aliphatic hydroxyl groups excluding tert-OH is 1. The quantitative estimate of drug-likeness (QED) is 0.510. The Hall–Kier alpha value is -0.150. The van der Waals surface area contributed by atoms with Gasteiger partial charge in [0.25, 0.3) is 0 Å². The molecule has 0 spiro atoms. The van der Waals surface area contributed by atoms with Crippen molar-refractivity contribution in [3.05, 3.63) is 0 Å². The summed E-state index contributed by atoms with van der Waals surface area (Å²) in [5, 5.41) is 8.21. The van der Waals surface area contributed by atoms with Gasteiger partial charge in [-0.05, 0) is 0 Å². The Bertz CT molecular complexity index is 67.3. The highest BCUT2D eigenvalue weighted by molar-refractivity contribution is 4.29. The molecule has 1 unspecified atom stereocenters. The number of alkyl halides is 1. The normalized spacial score (nSPS) is 16.1. The van der Waals surface area contributed by atoms with Gasteiger partial charge in [-0.2, -0.15) is 0 Å². The van der Waals surface area contributed by atoms with Crippen LogP contribution in [-0.2, 0) is 0 Å². The van der Waals surface area contributed by atoms with Gasteiger partial charge in [0.1, 0.15) is 6.54 Å². The number of halogens is 1. The van der Waals surface area contributed by atoms with Gasteiger partial charge >= 0.3 is 0 Å². The molecular formula is C5H13FNO+. The first kappa shape index (κ1) is 7.85. The van der Waals surface area contributed by atoms with Crippen molar-refractivity contribution in [1.29, 1.82) is 0 Å². The van der Waals surface area contributed by atoms with Crippen LogP contribution < -0.4 is 0 Å². The van der Waals surface area contributed by atoms with Gasteiger partial charge in [-0.1, -0.05) is 0 Å². The van der Waals surface area contributed by atoms with Crippen LogP contribution >= 0.6 is 0 Å². The summed E-state index contributed by atoms with van der Waals surface area (Å²) in [5.41, 5.74) is 0. The Balaban J connectivity index is 3.39. The van der Waals surface area contributed by atoms with E-state index in [0.29, 0.717) is 4.48 Å². The molecule has 0 radical (unpaired) electrons. The zero-order valence-corrected chi connectivity index (χ0v) is 5.56. The third kappa shape index (κ3) is 5.85. The average Bonchev–Trinajstić information content (AvgIpc) is 1.21. The van der Waals surface area contributed by atoms with Gasteiger partial charge in [0.15, 0.2) is 0 Å². The monoisotopic (exact) mass is 122 g/mol. The van der Waals surface area contributed by atoms with E-state index in [-0.39, 0.29) is 6.54 Å². The van der Waals surface area contributed by atoms with Crippen molar-refractivity contribution in [3.8, 4) is 0 Å². The lowest BCUT2D eigenvalue weighted by atomic mass is 10.5. The van der Waals surface area contributed by atoms with Crippen molar-refractivity contribution in [2.75, 3.05) is 27.7 Å². The van der Waals surface area contributed by atoms with Crippen molar-refractivity contribution in [3.63, 3.8) is 0 Å². The lowest BCUT2D eigenvalue weighted by Crippen LogP contribution is -2.39. The van der Waals surface area contributed by atoms with Crippen molar-refractivity contribution in [2.24, 2.45) is 0 Å². The smallest absolute Gasteiger partial charge is 0.246 e. The number of quaternary nitrogens is 1. The molecule has 1 atom stereocenters. The van der Waals surface area contributed by atoms with Crippen LogP contribution in [0.25, 0.3) is 0 Å². The zero-order valence-electron chi connectivity index (χ0n) is 5.56. The van der Waals surface area contributed by atoms with E-state index >= 15 is 0 Å². The van der Waals surface area contributed by atoms with E-state index in [2.05, 4.69) is 0 Å². The molecule has 50 valence electrons. The van der Waals surface area contributed by atoms with Crippen LogP contribution in [0.3, 0.4) is 0 Å². The molecule has 0 saturated carbocycles. The first-order valence-corrected chi connectivity index (χ1v) is 2.54. The maximum absolute atomic E-state index is 11.7. The second kappa shape index (κ2) is 2.42. The summed E-state index contributed by atoms with van der Waals surface area (Å²) in [7, 11) is 5.47. The summed E-state index contributed by atoms with van der Waals surface area (Å²) in [6.07, 6.45) is -1.69. The molecule has 2 nitrogen and oxygen atoms in total. The fraction of sp³-hybridized carbons (Fsp3) is 1.00. The van der Waals surface area contributed by atoms with Crippen molar-refractivity contribution >= 4 is 0 Å². The summed E-state index contributed by atoms with van der Waals surface area (Å²) >= 11 is 0. The molecule has 0 saturated heterocycles. The van der Waals surface area contributed by atoms with Crippen LogP contribution in [0.5, 0.6) is 0 Å². The Morgan fingerprint density at radius 1 is 1.50 bits per heavy atom. The van der Waals surface area contributed by atoms with Gasteiger partial charge in [0.05, 0.1) is 21.1 Å². The number of likely N-dealkylation sites (N-methyl/N-ethyl adjacent to an activating group) is 1. The molecule has 0 aliphatic heterocycles. The zero-order chi connectivity index (χ0) is 6.78. The lowest BCUT2D eigenvalue weighted by Gasteiger charge is -2.23. The average molecular weight is 122 g/mol. The molecule has 3 heteroatoms. The van der Waals surface area contributed by atoms with Crippen LogP contribution in [0.1, 0.15) is 0 Å². The number of rotatable bonds is 2. The summed E-state index contributed by atoms with van der Waals surface area (Å²) in [6.45, 7) is 0.153. The van der Waals surface area contributed by atoms with Gasteiger partial charge in [-0.15, -0.1) is 0 Å². The maximum atomic E-state index is 11.7. The Morgan fingerprint density at radius 3 is 1.88 bits per heavy atom. The Kier molecular flexibility index (Phi) is 2.37. The highest BCUT2D eigenvalue weighted by atomic mass is 19.1. The third-order valence-corrected chi connectivity index (χ3v) is 0.698. The highest BCUT2D eigenvalue weighted by Gasteiger charge is 2.12. The van der Waals surface area contributed by atoms with E-state index in [4.69, 9.17) is 5.11 Å². The number of aliphatic hydroxyl groups is 1. The van der Waals surface area contributed by atoms with Gasteiger partial charge in [-0.3, -0.25) is 0 Å². The fourth-order valence-electron chi connectivity index (χ4n) is 0.452. The first-order valence-electron chi connectivity index (χ1n) is 2.54. The second-order valence-electron chi connectivity index (χ2n) is 2.91. The van der Waals surface area contributed by atoms with Crippen LogP contribution in [0.4, 0.5) is 4.39 Å². The minimum absolute atomic E-state index is 0.153. The first-order chi connectivity index (χ1) is 3.42. The van der Waals surface area contributed by atoms with Crippen LogP contribution in [0, 0.1) is 0 Å². The van der Waals surface area contributed by atoms with Crippen molar-refractivity contribution in [2.45, 2.75) is 6.36 Å². The summed E-state index contributed by atoms with van der Waals surface area (Å²) in [4.78, 5) is 0. The Morgan fingerprint density at radius 2 is 1.88 bits per heavy atom. The molecule has 0 aliphatic rings. The van der Waals surface area contributed by atoms with Gasteiger partial charge in [0.2, 0.25) is 6.36 Å². The predicted octanol–water partition coefficient (Wildman–Crippen LogP) is -0.0195. The van der Waals surface area contributed by atoms with E-state index in [1.165, 1.54) is 0 Å². The van der Waals surface area contributed by atoms with Crippen LogP contribution in [0.15, 0.2) is 0 Å². The third-order valence-electron chi connectivity index (χ3n) is 0.698. The molecule has 0 heterocycles. The minimum atomic E-state index is -1.69. The van der Waals surface area contributed by atoms with E-state index in [9.17, 15) is 4.39 Å². The SMILES string of the molecule is C[N+](C)(C)CC(O)F. The summed E-state index contributed by atoms with van der Waals surface area (Å²) in [6, 6.07) is 0. The van der Waals surface area contributed by atoms with Crippen molar-refractivity contribution < 1.29 is 14.0 Å². The summed E-state index contributed by atoms with van der Waals surface area (Å²) in [5.74, 6) is 0. The standard InChI is InChI=1S/C5H13FNO/c1-7(2,3)4-5(6)8/h5,8H,4H2,1-3H3/q+1. The second-order valence-corrected chi connectivity index (χ2v) is 2.91. The van der Waals surface area contributed by atoms with E-state index in [1.54, 1.807) is 0 Å². The number of hydrogen-bond acceptors (Lipinski definition) is 1. The molecule has 8 heavy (non-hydrogen) atoms. The number of nitrogens with zero attached hydrogens (tertiary/aromatic N) is 1. The molecule has 0 rings (SSSR count). The van der Waals surface area contributed by atoms with E-state index < -0.39 is 6.36 Å². The molecule has 0 aromatic heterocycles. The summed E-state index contributed by atoms with van der Waals surface area (Å²) < 4.78 is 12.2. The van der Waals surface area contributed by atoms with Crippen LogP contribution in [-0.4, -0.2) is 43.6 Å². The topological polar surface area (TPSA) is 20.2 Å². The van der Waals surface area contributed by atoms with Crippen molar-refractivity contribution in [1.82, 2.24) is 0 Å². The molecular weight excluding hydrogens is 109 g/mol. The highest BCUT2D eigenvalue weighted by Crippen LogP contribution is 1.93. The van der Waals surface area contributed by atoms with Gasteiger partial charge in [0, 0.05) is 0 Å². The minimum Gasteiger partial charge on any atom is -0.360 e. The Labute approximate surface area is 49.1 Å². The van der Waals surface area contributed by atoms with E-state index in [0.717, 1.165) is 0 Å². The molecule has 0 aliphatic carbocycles. The van der Waals surface area contributed by atoms with Gasteiger partial charge < -0.3 is 9.59 Å².